The van der Waals surface area contributed by atoms with E-state index in [1.165, 1.54) is 7.11 Å². The van der Waals surface area contributed by atoms with E-state index in [4.69, 9.17) is 5.11 Å². The minimum atomic E-state index is -3.40. The van der Waals surface area contributed by atoms with Crippen LogP contribution in [0.3, 0.4) is 0 Å². The van der Waals surface area contributed by atoms with Crippen molar-refractivity contribution in [1.82, 2.24) is 0 Å². The maximum absolute atomic E-state index is 11.7. The Kier molecular flexibility index (Phi) is 3.11. The summed E-state index contributed by atoms with van der Waals surface area (Å²) in [5.74, 6) is -1.39. The van der Waals surface area contributed by atoms with Crippen molar-refractivity contribution >= 4 is 15.8 Å². The molecule has 0 radical (unpaired) electrons. The molecule has 0 saturated heterocycles. The Balaban J connectivity index is 2.88. The van der Waals surface area contributed by atoms with Crippen LogP contribution in [0, 0.1) is 11.3 Å². The molecule has 1 N–H and O–H groups in total. The molecule has 1 aliphatic rings. The Morgan fingerprint density at radius 1 is 1.47 bits per heavy atom. The molecule has 0 aromatic rings. The maximum atomic E-state index is 11.7. The van der Waals surface area contributed by atoms with Gasteiger partial charge < -0.3 is 9.84 Å². The van der Waals surface area contributed by atoms with Gasteiger partial charge in [-0.25, -0.2) is 8.42 Å². The molecule has 1 saturated carbocycles. The monoisotopic (exact) mass is 236 g/mol. The third-order valence-electron chi connectivity index (χ3n) is 2.95. The lowest BCUT2D eigenvalue weighted by Crippen LogP contribution is -2.19. The predicted octanol–water partition coefficient (Wildman–Crippen LogP) is -0.409. The summed E-state index contributed by atoms with van der Waals surface area (Å²) in [4.78, 5) is 11.3. The van der Waals surface area contributed by atoms with E-state index in [1.807, 2.05) is 0 Å². The Hall–Kier alpha value is -0.620. The summed E-state index contributed by atoms with van der Waals surface area (Å²) in [6.45, 7) is 3.02. The van der Waals surface area contributed by atoms with Crippen molar-refractivity contribution < 1.29 is 23.1 Å². The van der Waals surface area contributed by atoms with Crippen LogP contribution in [0.15, 0.2) is 0 Å². The highest BCUT2D eigenvalue weighted by Crippen LogP contribution is 2.56. The zero-order chi connectivity index (χ0) is 11.9. The number of hydrogen-bond acceptors (Lipinski definition) is 5. The lowest BCUT2D eigenvalue weighted by Gasteiger charge is -2.02. The van der Waals surface area contributed by atoms with Crippen molar-refractivity contribution in [2.75, 3.05) is 19.5 Å². The second-order valence-electron chi connectivity index (χ2n) is 4.33. The van der Waals surface area contributed by atoms with E-state index in [-0.39, 0.29) is 5.75 Å². The Bertz CT molecular complexity index is 357. The van der Waals surface area contributed by atoms with E-state index in [2.05, 4.69) is 4.74 Å². The van der Waals surface area contributed by atoms with Gasteiger partial charge >= 0.3 is 5.97 Å². The van der Waals surface area contributed by atoms with Crippen LogP contribution in [0.2, 0.25) is 0 Å². The second-order valence-corrected chi connectivity index (χ2v) is 6.58. The van der Waals surface area contributed by atoms with Crippen LogP contribution in [0.25, 0.3) is 0 Å². The molecule has 0 spiro atoms. The third kappa shape index (κ3) is 2.01. The van der Waals surface area contributed by atoms with Gasteiger partial charge in [-0.15, -0.1) is 0 Å². The van der Waals surface area contributed by atoms with E-state index in [9.17, 15) is 13.2 Å². The summed E-state index contributed by atoms with van der Waals surface area (Å²) in [7, 11) is -2.16. The minimum Gasteiger partial charge on any atom is -0.469 e. The number of carbonyl (C=O) groups excluding carboxylic acids is 1. The van der Waals surface area contributed by atoms with Gasteiger partial charge in [0.25, 0.3) is 0 Å². The second kappa shape index (κ2) is 3.75. The van der Waals surface area contributed by atoms with Crippen LogP contribution in [0.5, 0.6) is 0 Å². The molecule has 88 valence electrons. The number of rotatable bonds is 4. The van der Waals surface area contributed by atoms with E-state index < -0.39 is 39.0 Å². The first kappa shape index (κ1) is 12.4. The minimum absolute atomic E-state index is 0.297. The van der Waals surface area contributed by atoms with E-state index >= 15 is 0 Å². The molecule has 0 bridgehead atoms. The lowest BCUT2D eigenvalue weighted by molar-refractivity contribution is -0.142. The van der Waals surface area contributed by atoms with Crippen molar-refractivity contribution in [3.8, 4) is 0 Å². The fourth-order valence-electron chi connectivity index (χ4n) is 2.07. The number of carbonyl (C=O) groups is 1. The summed E-state index contributed by atoms with van der Waals surface area (Å²) in [6.07, 6.45) is 0. The zero-order valence-electron chi connectivity index (χ0n) is 9.06. The van der Waals surface area contributed by atoms with Crippen LogP contribution < -0.4 is 0 Å². The van der Waals surface area contributed by atoms with Crippen molar-refractivity contribution in [3.05, 3.63) is 0 Å². The molecule has 2 atom stereocenters. The number of aliphatic hydroxyl groups is 1. The number of methoxy groups -OCH3 is 1. The van der Waals surface area contributed by atoms with Crippen LogP contribution in [-0.4, -0.2) is 44.2 Å². The topological polar surface area (TPSA) is 80.7 Å². The molecule has 0 unspecified atom stereocenters. The third-order valence-corrected chi connectivity index (χ3v) is 5.35. The Labute approximate surface area is 89.3 Å². The average Bonchev–Trinajstić information content (AvgIpc) is 2.68. The highest BCUT2D eigenvalue weighted by molar-refractivity contribution is 7.92. The molecule has 0 aliphatic heterocycles. The van der Waals surface area contributed by atoms with Gasteiger partial charge in [-0.1, -0.05) is 13.8 Å². The zero-order valence-corrected chi connectivity index (χ0v) is 9.87. The molecule has 1 aliphatic carbocycles. The maximum Gasteiger partial charge on any atom is 0.310 e. The number of aliphatic hydroxyl groups excluding tert-OH is 1. The molecule has 0 aromatic heterocycles. The fraction of sp³-hybridized carbons (Fsp3) is 0.889. The Morgan fingerprint density at radius 3 is 2.40 bits per heavy atom. The summed E-state index contributed by atoms with van der Waals surface area (Å²) in [5, 5.41) is 7.92. The SMILES string of the molecule is COC(=O)[C@H]1[C@H](S(=O)(=O)CCO)C1(C)C. The van der Waals surface area contributed by atoms with Crippen LogP contribution in [-0.2, 0) is 19.4 Å². The van der Waals surface area contributed by atoms with Gasteiger partial charge in [0.15, 0.2) is 9.84 Å². The van der Waals surface area contributed by atoms with Gasteiger partial charge in [-0.2, -0.15) is 0 Å². The molecule has 0 amide bonds. The van der Waals surface area contributed by atoms with Gasteiger partial charge in [-0.3, -0.25) is 4.79 Å². The molecular formula is C9H16O5S. The first-order valence-electron chi connectivity index (χ1n) is 4.69. The highest BCUT2D eigenvalue weighted by Gasteiger charge is 2.68. The van der Waals surface area contributed by atoms with E-state index in [0.29, 0.717) is 0 Å². The van der Waals surface area contributed by atoms with Gasteiger partial charge in [0.05, 0.1) is 30.6 Å². The smallest absolute Gasteiger partial charge is 0.310 e. The van der Waals surface area contributed by atoms with Gasteiger partial charge in [0, 0.05) is 0 Å². The summed E-state index contributed by atoms with van der Waals surface area (Å²) >= 11 is 0. The fourth-order valence-corrected chi connectivity index (χ4v) is 4.45. The first-order valence-corrected chi connectivity index (χ1v) is 6.41. The number of ether oxygens (including phenoxy) is 1. The molecular weight excluding hydrogens is 220 g/mol. The van der Waals surface area contributed by atoms with Gasteiger partial charge in [0.1, 0.15) is 0 Å². The number of esters is 1. The standard InChI is InChI=1S/C9H16O5S/c1-9(2)6(8(11)14-3)7(9)15(12,13)5-4-10/h6-7,10H,4-5H2,1-3H3/t6-,7+/m1/s1. The molecule has 6 heteroatoms. The quantitative estimate of drug-likeness (QED) is 0.671. The van der Waals surface area contributed by atoms with E-state index in [0.717, 1.165) is 0 Å². The van der Waals surface area contributed by atoms with Crippen molar-refractivity contribution in [2.24, 2.45) is 11.3 Å². The highest BCUT2D eigenvalue weighted by atomic mass is 32.2. The summed E-state index contributed by atoms with van der Waals surface area (Å²) in [6, 6.07) is 0. The first-order chi connectivity index (χ1) is 6.79. The molecule has 1 fully saturated rings. The summed E-state index contributed by atoms with van der Waals surface area (Å²) < 4.78 is 27.9. The Morgan fingerprint density at radius 2 is 2.00 bits per heavy atom. The van der Waals surface area contributed by atoms with Crippen molar-refractivity contribution in [2.45, 2.75) is 19.1 Å². The van der Waals surface area contributed by atoms with Crippen LogP contribution in [0.1, 0.15) is 13.8 Å². The molecule has 0 aromatic carbocycles. The molecule has 0 heterocycles. The largest absolute Gasteiger partial charge is 0.469 e. The average molecular weight is 236 g/mol. The van der Waals surface area contributed by atoms with Gasteiger partial charge in [0.2, 0.25) is 0 Å². The van der Waals surface area contributed by atoms with Crippen molar-refractivity contribution in [1.29, 1.82) is 0 Å². The number of hydrogen-bond donors (Lipinski definition) is 1. The lowest BCUT2D eigenvalue weighted by atomic mass is 10.1. The normalized spacial score (nSPS) is 28.5. The predicted molar refractivity (Wildman–Crippen MR) is 53.9 cm³/mol. The molecule has 5 nitrogen and oxygen atoms in total. The number of sulfone groups is 1. The molecule has 1 rings (SSSR count). The van der Waals surface area contributed by atoms with Crippen LogP contribution in [0.4, 0.5) is 0 Å². The van der Waals surface area contributed by atoms with E-state index in [1.54, 1.807) is 13.8 Å². The molecule has 15 heavy (non-hydrogen) atoms. The van der Waals surface area contributed by atoms with Crippen LogP contribution >= 0.6 is 0 Å². The van der Waals surface area contributed by atoms with Crippen molar-refractivity contribution in [3.63, 3.8) is 0 Å². The van der Waals surface area contributed by atoms with Gasteiger partial charge in [-0.05, 0) is 5.41 Å². The summed E-state index contributed by atoms with van der Waals surface area (Å²) in [5.41, 5.74) is -0.582.